The summed E-state index contributed by atoms with van der Waals surface area (Å²) in [5.41, 5.74) is -1.69. The summed E-state index contributed by atoms with van der Waals surface area (Å²) in [6.07, 6.45) is -4.81. The second-order valence-corrected chi connectivity index (χ2v) is 11.6. The first-order valence-corrected chi connectivity index (χ1v) is 13.3. The van der Waals surface area contributed by atoms with Crippen molar-refractivity contribution in [2.45, 2.75) is 29.0 Å². The molecule has 0 radical (unpaired) electrons. The molecule has 4 rings (SSSR count). The number of hydrogen-bond acceptors (Lipinski definition) is 6. The summed E-state index contributed by atoms with van der Waals surface area (Å²) < 4.78 is 67.7. The number of piperazine rings is 1. The highest BCUT2D eigenvalue weighted by molar-refractivity contribution is 7.91. The lowest BCUT2D eigenvalue weighted by Gasteiger charge is -2.42. The maximum absolute atomic E-state index is 13.2. The summed E-state index contributed by atoms with van der Waals surface area (Å²) in [7, 11) is -3.64. The Morgan fingerprint density at radius 1 is 1.03 bits per heavy atom. The van der Waals surface area contributed by atoms with Gasteiger partial charge in [-0.05, 0) is 48.2 Å². The monoisotopic (exact) mass is 525 g/mol. The topological polar surface area (TPSA) is 72.9 Å². The van der Waals surface area contributed by atoms with Gasteiger partial charge in [0.2, 0.25) is 0 Å². The Labute approximate surface area is 206 Å². The molecular formula is C24H26F3N3O3S2. The molecule has 11 heteroatoms. The molecule has 6 nitrogen and oxygen atoms in total. The molecule has 0 amide bonds. The maximum Gasteiger partial charge on any atom is 0.421 e. The van der Waals surface area contributed by atoms with Gasteiger partial charge in [0.1, 0.15) is 4.21 Å². The molecule has 1 saturated heterocycles. The van der Waals surface area contributed by atoms with Crippen LogP contribution in [0.5, 0.6) is 0 Å². The Morgan fingerprint density at radius 2 is 1.71 bits per heavy atom. The molecule has 1 aliphatic heterocycles. The van der Waals surface area contributed by atoms with Gasteiger partial charge in [0.05, 0.1) is 6.04 Å². The molecule has 1 aliphatic rings. The van der Waals surface area contributed by atoms with Gasteiger partial charge in [0.15, 0.2) is 5.60 Å². The average Bonchev–Trinajstić information content (AvgIpc) is 3.39. The zero-order chi connectivity index (χ0) is 25.3. The van der Waals surface area contributed by atoms with Crippen LogP contribution in [0.4, 0.5) is 24.5 Å². The molecule has 2 N–H and O–H groups in total. The van der Waals surface area contributed by atoms with Crippen LogP contribution < -0.4 is 10.2 Å². The van der Waals surface area contributed by atoms with E-state index in [1.54, 1.807) is 17.5 Å². The Bertz CT molecular complexity index is 1220. The fourth-order valence-electron chi connectivity index (χ4n) is 4.03. The Kier molecular flexibility index (Phi) is 7.14. The lowest BCUT2D eigenvalue weighted by Crippen LogP contribution is -2.57. The number of nitrogens with one attached hydrogen (secondary N) is 1. The van der Waals surface area contributed by atoms with E-state index in [0.29, 0.717) is 18.8 Å². The van der Waals surface area contributed by atoms with Gasteiger partial charge in [0, 0.05) is 37.6 Å². The number of benzene rings is 2. The standard InChI is InChI=1S/C24H26F3N3O3S2/c1-23(31,24(25,26)27)18-9-11-20(12-10-18)30-14-13-29(35(32,33)22-8-5-15-34-22)17-21(30)16-28-19-6-3-2-4-7-19/h2-12,15,21,28,31H,13-14,16-17H2,1H3. The molecule has 188 valence electrons. The number of sulfonamides is 1. The van der Waals surface area contributed by atoms with Crippen molar-refractivity contribution < 1.29 is 26.7 Å². The molecule has 0 saturated carbocycles. The number of hydrogen-bond donors (Lipinski definition) is 2. The first kappa shape index (κ1) is 25.5. The van der Waals surface area contributed by atoms with Crippen molar-refractivity contribution in [2.75, 3.05) is 36.4 Å². The van der Waals surface area contributed by atoms with Gasteiger partial charge in [-0.2, -0.15) is 17.5 Å². The van der Waals surface area contributed by atoms with Crippen molar-refractivity contribution in [1.82, 2.24) is 4.31 Å². The van der Waals surface area contributed by atoms with Crippen LogP contribution >= 0.6 is 11.3 Å². The molecule has 1 aromatic heterocycles. The van der Waals surface area contributed by atoms with Gasteiger partial charge >= 0.3 is 6.18 Å². The Hall–Kier alpha value is -2.60. The van der Waals surface area contributed by atoms with Crippen molar-refractivity contribution >= 4 is 32.7 Å². The fourth-order valence-corrected chi connectivity index (χ4v) is 6.64. The van der Waals surface area contributed by atoms with Gasteiger partial charge in [-0.1, -0.05) is 36.4 Å². The molecule has 2 atom stereocenters. The minimum Gasteiger partial charge on any atom is -0.383 e. The highest BCUT2D eigenvalue weighted by Crippen LogP contribution is 2.39. The number of para-hydroxylation sites is 1. The van der Waals surface area contributed by atoms with Crippen molar-refractivity contribution in [3.63, 3.8) is 0 Å². The number of halogens is 3. The van der Waals surface area contributed by atoms with Crippen LogP contribution in [0.2, 0.25) is 0 Å². The van der Waals surface area contributed by atoms with E-state index in [1.807, 2.05) is 35.2 Å². The maximum atomic E-state index is 13.2. The van der Waals surface area contributed by atoms with Crippen molar-refractivity contribution in [3.05, 3.63) is 77.7 Å². The summed E-state index contributed by atoms with van der Waals surface area (Å²) in [4.78, 5) is 1.99. The molecular weight excluding hydrogens is 499 g/mol. The summed E-state index contributed by atoms with van der Waals surface area (Å²) in [6.45, 7) is 1.96. The van der Waals surface area contributed by atoms with E-state index < -0.39 is 21.8 Å². The quantitative estimate of drug-likeness (QED) is 0.475. The Morgan fingerprint density at radius 3 is 2.31 bits per heavy atom. The molecule has 3 aromatic rings. The number of aliphatic hydroxyl groups is 1. The highest BCUT2D eigenvalue weighted by Gasteiger charge is 2.51. The molecule has 2 aromatic carbocycles. The van der Waals surface area contributed by atoms with E-state index in [0.717, 1.165) is 23.9 Å². The van der Waals surface area contributed by atoms with E-state index in [1.165, 1.54) is 28.6 Å². The third-order valence-electron chi connectivity index (χ3n) is 6.16. The van der Waals surface area contributed by atoms with Gasteiger partial charge in [-0.3, -0.25) is 0 Å². The summed E-state index contributed by atoms with van der Waals surface area (Å²) in [5.74, 6) is 0. The third-order valence-corrected chi connectivity index (χ3v) is 9.40. The van der Waals surface area contributed by atoms with Crippen LogP contribution in [-0.4, -0.2) is 56.2 Å². The van der Waals surface area contributed by atoms with Gasteiger partial charge in [-0.25, -0.2) is 8.42 Å². The molecule has 35 heavy (non-hydrogen) atoms. The van der Waals surface area contributed by atoms with Gasteiger partial charge < -0.3 is 15.3 Å². The second kappa shape index (κ2) is 9.81. The van der Waals surface area contributed by atoms with Crippen LogP contribution in [-0.2, 0) is 15.6 Å². The smallest absolute Gasteiger partial charge is 0.383 e. The number of rotatable bonds is 7. The van der Waals surface area contributed by atoms with Crippen LogP contribution in [0.25, 0.3) is 0 Å². The summed E-state index contributed by atoms with van der Waals surface area (Å²) in [6, 6.07) is 18.1. The lowest BCUT2D eigenvalue weighted by molar-refractivity contribution is -0.258. The Balaban J connectivity index is 1.58. The van der Waals surface area contributed by atoms with E-state index in [2.05, 4.69) is 5.32 Å². The molecule has 2 heterocycles. The summed E-state index contributed by atoms with van der Waals surface area (Å²) in [5, 5.41) is 15.0. The van der Waals surface area contributed by atoms with Crippen LogP contribution in [0.15, 0.2) is 76.3 Å². The minimum atomic E-state index is -4.81. The van der Waals surface area contributed by atoms with Gasteiger partial charge in [-0.15, -0.1) is 11.3 Å². The molecule has 0 bridgehead atoms. The molecule has 0 aliphatic carbocycles. The highest BCUT2D eigenvalue weighted by atomic mass is 32.2. The first-order chi connectivity index (χ1) is 16.5. The van der Waals surface area contributed by atoms with Crippen LogP contribution in [0.3, 0.4) is 0 Å². The normalized spacial score (nSPS) is 19.3. The van der Waals surface area contributed by atoms with Crippen molar-refractivity contribution in [2.24, 2.45) is 0 Å². The number of alkyl halides is 3. The van der Waals surface area contributed by atoms with Crippen molar-refractivity contribution in [3.8, 4) is 0 Å². The lowest BCUT2D eigenvalue weighted by atomic mass is 9.95. The largest absolute Gasteiger partial charge is 0.421 e. The average molecular weight is 526 g/mol. The fraction of sp³-hybridized carbons (Fsp3) is 0.333. The van der Waals surface area contributed by atoms with Gasteiger partial charge in [0.25, 0.3) is 10.0 Å². The molecule has 2 unspecified atom stereocenters. The predicted octanol–water partition coefficient (Wildman–Crippen LogP) is 4.51. The van der Waals surface area contributed by atoms with Crippen LogP contribution in [0, 0.1) is 0 Å². The third kappa shape index (κ3) is 5.32. The van der Waals surface area contributed by atoms with Crippen LogP contribution in [0.1, 0.15) is 12.5 Å². The van der Waals surface area contributed by atoms with E-state index >= 15 is 0 Å². The molecule has 1 fully saturated rings. The van der Waals surface area contributed by atoms with E-state index in [-0.39, 0.29) is 28.9 Å². The predicted molar refractivity (Wildman–Crippen MR) is 131 cm³/mol. The first-order valence-electron chi connectivity index (χ1n) is 11.0. The summed E-state index contributed by atoms with van der Waals surface area (Å²) >= 11 is 1.16. The minimum absolute atomic E-state index is 0.210. The SMILES string of the molecule is CC(O)(c1ccc(N2CCN(S(=O)(=O)c3cccs3)CC2CNc2ccccc2)cc1)C(F)(F)F. The molecule has 0 spiro atoms. The second-order valence-electron chi connectivity index (χ2n) is 8.51. The number of anilines is 2. The zero-order valence-electron chi connectivity index (χ0n) is 18.9. The van der Waals surface area contributed by atoms with E-state index in [4.69, 9.17) is 0 Å². The van der Waals surface area contributed by atoms with Crippen molar-refractivity contribution in [1.29, 1.82) is 0 Å². The number of nitrogens with zero attached hydrogens (tertiary/aromatic N) is 2. The van der Waals surface area contributed by atoms with E-state index in [9.17, 15) is 26.7 Å². The zero-order valence-corrected chi connectivity index (χ0v) is 20.6. The number of thiophene rings is 1.